The van der Waals surface area contributed by atoms with E-state index in [1.165, 1.54) is 6.92 Å². The van der Waals surface area contributed by atoms with Crippen molar-refractivity contribution in [3.05, 3.63) is 29.3 Å². The van der Waals surface area contributed by atoms with Gasteiger partial charge in [0.15, 0.2) is 0 Å². The van der Waals surface area contributed by atoms with Gasteiger partial charge in [-0.1, -0.05) is 12.1 Å². The smallest absolute Gasteiger partial charge is 0.313 e. The summed E-state index contributed by atoms with van der Waals surface area (Å²) in [5, 5.41) is 9.29. The fourth-order valence-electron chi connectivity index (χ4n) is 2.30. The van der Waals surface area contributed by atoms with Crippen LogP contribution >= 0.6 is 0 Å². The van der Waals surface area contributed by atoms with Crippen molar-refractivity contribution in [2.45, 2.75) is 31.7 Å². The van der Waals surface area contributed by atoms with Crippen LogP contribution in [-0.4, -0.2) is 38.7 Å². The van der Waals surface area contributed by atoms with E-state index in [2.05, 4.69) is 4.72 Å². The number of sulfonamides is 1. The molecule has 1 saturated heterocycles. The van der Waals surface area contributed by atoms with Crippen molar-refractivity contribution >= 4 is 16.0 Å². The predicted octanol–water partition coefficient (Wildman–Crippen LogP) is 1.07. The van der Waals surface area contributed by atoms with Gasteiger partial charge in [-0.05, 0) is 38.0 Å². The molecular weight excluding hydrogens is 294 g/mol. The van der Waals surface area contributed by atoms with Gasteiger partial charge in [0.25, 0.3) is 0 Å². The van der Waals surface area contributed by atoms with E-state index >= 15 is 0 Å². The molecule has 1 aliphatic rings. The minimum Gasteiger partial charge on any atom is -0.481 e. The van der Waals surface area contributed by atoms with Crippen LogP contribution in [0.4, 0.5) is 0 Å². The second-order valence-corrected chi connectivity index (χ2v) is 7.36. The van der Waals surface area contributed by atoms with Crippen molar-refractivity contribution in [2.75, 3.05) is 13.2 Å². The molecule has 1 heterocycles. The second kappa shape index (κ2) is 5.40. The molecule has 7 heteroatoms. The molecule has 21 heavy (non-hydrogen) atoms. The van der Waals surface area contributed by atoms with Gasteiger partial charge in [-0.25, -0.2) is 13.1 Å². The lowest BCUT2D eigenvalue weighted by atomic mass is 9.86. The third-order valence-electron chi connectivity index (χ3n) is 3.87. The summed E-state index contributed by atoms with van der Waals surface area (Å²) in [5.41, 5.74) is 0.179. The molecule has 0 saturated carbocycles. The van der Waals surface area contributed by atoms with Gasteiger partial charge in [0.05, 0.1) is 24.2 Å². The molecule has 2 rings (SSSR count). The van der Waals surface area contributed by atoms with Crippen molar-refractivity contribution < 1.29 is 23.1 Å². The van der Waals surface area contributed by atoms with Crippen molar-refractivity contribution in [1.82, 2.24) is 4.72 Å². The lowest BCUT2D eigenvalue weighted by Crippen LogP contribution is -2.49. The van der Waals surface area contributed by atoms with E-state index < -0.39 is 27.4 Å². The molecule has 2 N–H and O–H groups in total. The Hall–Kier alpha value is -1.44. The first-order valence-corrected chi connectivity index (χ1v) is 8.06. The molecular formula is C14H19NO5S. The number of hydrogen-bond acceptors (Lipinski definition) is 4. The summed E-state index contributed by atoms with van der Waals surface area (Å²) in [4.78, 5) is 11.5. The lowest BCUT2D eigenvalue weighted by Gasteiger charge is -2.25. The number of carbonyl (C=O) groups is 1. The monoisotopic (exact) mass is 313 g/mol. The first-order valence-electron chi connectivity index (χ1n) is 6.57. The lowest BCUT2D eigenvalue weighted by molar-refractivity contribution is -0.148. The van der Waals surface area contributed by atoms with Crippen molar-refractivity contribution in [3.63, 3.8) is 0 Å². The molecule has 2 unspecified atom stereocenters. The molecule has 0 spiro atoms. The average molecular weight is 313 g/mol. The zero-order chi connectivity index (χ0) is 15.8. The number of nitrogens with one attached hydrogen (secondary N) is 1. The van der Waals surface area contributed by atoms with Crippen LogP contribution in [-0.2, 0) is 19.6 Å². The molecule has 0 aromatic heterocycles. The number of carboxylic acids is 1. The van der Waals surface area contributed by atoms with Gasteiger partial charge < -0.3 is 9.84 Å². The Morgan fingerprint density at radius 3 is 2.71 bits per heavy atom. The highest BCUT2D eigenvalue weighted by Gasteiger charge is 2.48. The van der Waals surface area contributed by atoms with E-state index in [1.807, 2.05) is 6.07 Å². The summed E-state index contributed by atoms with van der Waals surface area (Å²) < 4.78 is 32.7. The highest BCUT2D eigenvalue weighted by Crippen LogP contribution is 2.30. The zero-order valence-corrected chi connectivity index (χ0v) is 13.0. The first-order chi connectivity index (χ1) is 9.67. The number of ether oxygens (including phenoxy) is 1. The average Bonchev–Trinajstić information content (AvgIpc) is 2.74. The van der Waals surface area contributed by atoms with E-state index in [0.717, 1.165) is 5.56 Å². The van der Waals surface area contributed by atoms with Crippen LogP contribution in [0.2, 0.25) is 0 Å². The minimum absolute atomic E-state index is 0.0116. The number of aliphatic carboxylic acids is 1. The second-order valence-electron chi connectivity index (χ2n) is 5.68. The molecule has 0 bridgehead atoms. The molecule has 0 aliphatic carbocycles. The predicted molar refractivity (Wildman–Crippen MR) is 76.6 cm³/mol. The standard InChI is InChI=1S/C14H19NO5S/c1-9-4-5-10(2)11(6-9)21(18,19)15-12-7-20-8-14(12,3)13(16)17/h4-6,12,15H,7-8H2,1-3H3,(H,16,17). The first kappa shape index (κ1) is 15.9. The molecule has 2 atom stereocenters. The largest absolute Gasteiger partial charge is 0.481 e. The fourth-order valence-corrected chi connectivity index (χ4v) is 3.96. The summed E-state index contributed by atoms with van der Waals surface area (Å²) in [6.07, 6.45) is 0. The van der Waals surface area contributed by atoms with Gasteiger partial charge in [0.2, 0.25) is 10.0 Å². The van der Waals surface area contributed by atoms with Gasteiger partial charge >= 0.3 is 5.97 Å². The Kier molecular flexibility index (Phi) is 4.10. The molecule has 1 aromatic rings. The number of aryl methyl sites for hydroxylation is 2. The third kappa shape index (κ3) is 2.95. The normalized spacial score (nSPS) is 26.0. The summed E-state index contributed by atoms with van der Waals surface area (Å²) in [5.74, 6) is -1.08. The Bertz CT molecular complexity index is 670. The van der Waals surface area contributed by atoms with Crippen molar-refractivity contribution in [3.8, 4) is 0 Å². The summed E-state index contributed by atoms with van der Waals surface area (Å²) in [7, 11) is -3.79. The highest BCUT2D eigenvalue weighted by atomic mass is 32.2. The van der Waals surface area contributed by atoms with Crippen LogP contribution in [0, 0.1) is 19.3 Å². The molecule has 1 fully saturated rings. The Morgan fingerprint density at radius 1 is 1.43 bits per heavy atom. The SMILES string of the molecule is Cc1ccc(C)c(S(=O)(=O)NC2COCC2(C)C(=O)O)c1. The molecule has 6 nitrogen and oxygen atoms in total. The third-order valence-corrected chi connectivity index (χ3v) is 5.49. The Morgan fingerprint density at radius 2 is 2.10 bits per heavy atom. The van der Waals surface area contributed by atoms with E-state index in [9.17, 15) is 18.3 Å². The topological polar surface area (TPSA) is 92.7 Å². The number of benzene rings is 1. The molecule has 1 aromatic carbocycles. The van der Waals surface area contributed by atoms with Gasteiger partial charge in [0.1, 0.15) is 5.41 Å². The molecule has 0 radical (unpaired) electrons. The molecule has 116 valence electrons. The van der Waals surface area contributed by atoms with Gasteiger partial charge in [0, 0.05) is 0 Å². The maximum atomic E-state index is 12.5. The van der Waals surface area contributed by atoms with Gasteiger partial charge in [-0.15, -0.1) is 0 Å². The molecule has 0 amide bonds. The highest BCUT2D eigenvalue weighted by molar-refractivity contribution is 7.89. The van der Waals surface area contributed by atoms with E-state index in [4.69, 9.17) is 4.74 Å². The Labute approximate surface area is 124 Å². The fraction of sp³-hybridized carbons (Fsp3) is 0.500. The van der Waals surface area contributed by atoms with E-state index in [-0.39, 0.29) is 18.1 Å². The quantitative estimate of drug-likeness (QED) is 0.867. The summed E-state index contributed by atoms with van der Waals surface area (Å²) in [6, 6.07) is 4.34. The van der Waals surface area contributed by atoms with Crippen LogP contribution in [0.1, 0.15) is 18.1 Å². The number of hydrogen-bond donors (Lipinski definition) is 2. The Balaban J connectivity index is 2.34. The van der Waals surface area contributed by atoms with Crippen LogP contribution in [0.3, 0.4) is 0 Å². The number of rotatable bonds is 4. The zero-order valence-electron chi connectivity index (χ0n) is 12.2. The van der Waals surface area contributed by atoms with E-state index in [1.54, 1.807) is 26.0 Å². The maximum absolute atomic E-state index is 12.5. The van der Waals surface area contributed by atoms with Crippen LogP contribution < -0.4 is 4.72 Å². The van der Waals surface area contributed by atoms with Crippen molar-refractivity contribution in [2.24, 2.45) is 5.41 Å². The minimum atomic E-state index is -3.79. The van der Waals surface area contributed by atoms with Crippen LogP contribution in [0.25, 0.3) is 0 Å². The van der Waals surface area contributed by atoms with Gasteiger partial charge in [-0.2, -0.15) is 0 Å². The maximum Gasteiger partial charge on any atom is 0.313 e. The van der Waals surface area contributed by atoms with Gasteiger partial charge in [-0.3, -0.25) is 4.79 Å². The van der Waals surface area contributed by atoms with Crippen molar-refractivity contribution in [1.29, 1.82) is 0 Å². The van der Waals surface area contributed by atoms with Crippen LogP contribution in [0.5, 0.6) is 0 Å². The van der Waals surface area contributed by atoms with Crippen LogP contribution in [0.15, 0.2) is 23.1 Å². The molecule has 1 aliphatic heterocycles. The summed E-state index contributed by atoms with van der Waals surface area (Å²) >= 11 is 0. The number of carboxylic acid groups (broad SMARTS) is 1. The van der Waals surface area contributed by atoms with E-state index in [0.29, 0.717) is 5.56 Å². The summed E-state index contributed by atoms with van der Waals surface area (Å²) in [6.45, 7) is 5.03.